The van der Waals surface area contributed by atoms with E-state index in [1.54, 1.807) is 6.33 Å². The van der Waals surface area contributed by atoms with Crippen LogP contribution in [-0.2, 0) is 11.2 Å². The minimum atomic E-state index is -0.104. The van der Waals surface area contributed by atoms with Gasteiger partial charge in [0.2, 0.25) is 5.91 Å². The Hall–Kier alpha value is -3.19. The van der Waals surface area contributed by atoms with Gasteiger partial charge in [-0.1, -0.05) is 0 Å². The van der Waals surface area contributed by atoms with Gasteiger partial charge in [0.25, 0.3) is 0 Å². The summed E-state index contributed by atoms with van der Waals surface area (Å²) in [5.41, 5.74) is 10.6. The fourth-order valence-electron chi connectivity index (χ4n) is 2.53. The summed E-state index contributed by atoms with van der Waals surface area (Å²) in [4.78, 5) is 24.0. The molecule has 0 unspecified atom stereocenters. The molecule has 124 valence electrons. The van der Waals surface area contributed by atoms with Crippen LogP contribution in [0.3, 0.4) is 0 Å². The number of anilines is 2. The summed E-state index contributed by atoms with van der Waals surface area (Å²) in [5, 5.41) is 5.67. The van der Waals surface area contributed by atoms with Crippen LogP contribution in [0.15, 0.2) is 54.2 Å². The van der Waals surface area contributed by atoms with Gasteiger partial charge in [0.05, 0.1) is 29.5 Å². The molecule has 4 rings (SSSR count). The molecule has 4 aromatic rings. The van der Waals surface area contributed by atoms with Crippen molar-refractivity contribution in [2.75, 3.05) is 11.1 Å². The third kappa shape index (κ3) is 3.36. The maximum atomic E-state index is 12.3. The minimum Gasteiger partial charge on any atom is -0.399 e. The van der Waals surface area contributed by atoms with E-state index in [4.69, 9.17) is 5.73 Å². The summed E-state index contributed by atoms with van der Waals surface area (Å²) in [6, 6.07) is 13.1. The molecule has 0 spiro atoms. The normalized spacial score (nSPS) is 10.9. The Kier molecular flexibility index (Phi) is 3.91. The van der Waals surface area contributed by atoms with Crippen LogP contribution in [0.5, 0.6) is 0 Å². The molecule has 4 N–H and O–H groups in total. The maximum absolute atomic E-state index is 12.3. The predicted molar refractivity (Wildman–Crippen MR) is 100 cm³/mol. The zero-order valence-corrected chi connectivity index (χ0v) is 14.0. The number of imidazole rings is 1. The van der Waals surface area contributed by atoms with Gasteiger partial charge in [-0.3, -0.25) is 4.79 Å². The Labute approximate surface area is 147 Å². The standard InChI is InChI=1S/C18H15N5OS/c19-12-3-1-11(2-4-12)18-23-14(9-25-18)8-17(24)22-13-5-6-15-16(7-13)21-10-20-15/h1-7,9-10H,8,19H2,(H,20,21)(H,22,24). The second kappa shape index (κ2) is 6.37. The van der Waals surface area contributed by atoms with Gasteiger partial charge in [-0.05, 0) is 42.5 Å². The topological polar surface area (TPSA) is 96.7 Å². The number of benzene rings is 2. The van der Waals surface area contributed by atoms with Crippen molar-refractivity contribution in [1.29, 1.82) is 0 Å². The number of fused-ring (bicyclic) bond motifs is 1. The average Bonchev–Trinajstić information content (AvgIpc) is 3.24. The molecule has 0 fully saturated rings. The lowest BCUT2D eigenvalue weighted by molar-refractivity contribution is -0.115. The number of carbonyl (C=O) groups is 1. The predicted octanol–water partition coefficient (Wildman–Crippen LogP) is 3.45. The molecule has 25 heavy (non-hydrogen) atoms. The average molecular weight is 349 g/mol. The lowest BCUT2D eigenvalue weighted by atomic mass is 10.2. The molecule has 0 aliphatic rings. The van der Waals surface area contributed by atoms with E-state index in [2.05, 4.69) is 20.3 Å². The van der Waals surface area contributed by atoms with E-state index in [-0.39, 0.29) is 12.3 Å². The Balaban J connectivity index is 1.44. The van der Waals surface area contributed by atoms with E-state index < -0.39 is 0 Å². The summed E-state index contributed by atoms with van der Waals surface area (Å²) in [6.45, 7) is 0. The fourth-order valence-corrected chi connectivity index (χ4v) is 3.36. The van der Waals surface area contributed by atoms with E-state index in [9.17, 15) is 4.79 Å². The van der Waals surface area contributed by atoms with Gasteiger partial charge in [-0.15, -0.1) is 11.3 Å². The summed E-state index contributed by atoms with van der Waals surface area (Å²) in [5.74, 6) is -0.104. The highest BCUT2D eigenvalue weighted by Crippen LogP contribution is 2.25. The number of hydrogen-bond donors (Lipinski definition) is 3. The van der Waals surface area contributed by atoms with Crippen LogP contribution >= 0.6 is 11.3 Å². The van der Waals surface area contributed by atoms with Crippen molar-refractivity contribution in [3.8, 4) is 10.6 Å². The SMILES string of the molecule is Nc1ccc(-c2nc(CC(=O)Nc3ccc4nc[nH]c4c3)cs2)cc1. The molecule has 1 amide bonds. The second-order valence-electron chi connectivity index (χ2n) is 5.63. The molecule has 0 atom stereocenters. The van der Waals surface area contributed by atoms with Crippen LogP contribution in [0, 0.1) is 0 Å². The fraction of sp³-hybridized carbons (Fsp3) is 0.0556. The van der Waals surface area contributed by atoms with Crippen molar-refractivity contribution in [3.05, 3.63) is 59.9 Å². The van der Waals surface area contributed by atoms with Crippen LogP contribution < -0.4 is 11.1 Å². The number of nitrogen functional groups attached to an aromatic ring is 1. The molecular formula is C18H15N5OS. The Morgan fingerprint density at radius 3 is 2.88 bits per heavy atom. The number of aromatic amines is 1. The molecule has 2 aromatic heterocycles. The molecule has 6 nitrogen and oxygen atoms in total. The number of rotatable bonds is 4. The zero-order chi connectivity index (χ0) is 17.2. The Bertz CT molecular complexity index is 1040. The summed E-state index contributed by atoms with van der Waals surface area (Å²) in [6.07, 6.45) is 1.86. The second-order valence-corrected chi connectivity index (χ2v) is 6.48. The largest absolute Gasteiger partial charge is 0.399 e. The molecule has 0 saturated heterocycles. The molecule has 7 heteroatoms. The lowest BCUT2D eigenvalue weighted by Crippen LogP contribution is -2.14. The number of thiazole rings is 1. The number of carbonyl (C=O) groups excluding carboxylic acids is 1. The Morgan fingerprint density at radius 1 is 1.20 bits per heavy atom. The number of hydrogen-bond acceptors (Lipinski definition) is 5. The number of nitrogens with one attached hydrogen (secondary N) is 2. The molecule has 0 aliphatic carbocycles. The van der Waals surface area contributed by atoms with E-state index in [1.807, 2.05) is 47.8 Å². The van der Waals surface area contributed by atoms with Crippen molar-refractivity contribution >= 4 is 39.7 Å². The van der Waals surface area contributed by atoms with Crippen LogP contribution in [0.25, 0.3) is 21.6 Å². The first-order valence-corrected chi connectivity index (χ1v) is 8.59. The van der Waals surface area contributed by atoms with E-state index in [0.29, 0.717) is 5.69 Å². The van der Waals surface area contributed by atoms with Crippen molar-refractivity contribution in [2.24, 2.45) is 0 Å². The minimum absolute atomic E-state index is 0.104. The molecule has 0 saturated carbocycles. The third-order valence-electron chi connectivity index (χ3n) is 3.76. The monoisotopic (exact) mass is 349 g/mol. The van der Waals surface area contributed by atoms with Gasteiger partial charge < -0.3 is 16.0 Å². The summed E-state index contributed by atoms with van der Waals surface area (Å²) in [7, 11) is 0. The van der Waals surface area contributed by atoms with Gasteiger partial charge in [0.15, 0.2) is 0 Å². The molecule has 2 aromatic carbocycles. The summed E-state index contributed by atoms with van der Waals surface area (Å²) < 4.78 is 0. The van der Waals surface area contributed by atoms with Crippen molar-refractivity contribution in [3.63, 3.8) is 0 Å². The number of nitrogens with two attached hydrogens (primary N) is 1. The highest BCUT2D eigenvalue weighted by Gasteiger charge is 2.10. The molecular weight excluding hydrogens is 334 g/mol. The number of H-pyrrole nitrogens is 1. The van der Waals surface area contributed by atoms with Crippen LogP contribution in [0.4, 0.5) is 11.4 Å². The van der Waals surface area contributed by atoms with E-state index in [0.717, 1.165) is 33.0 Å². The first kappa shape index (κ1) is 15.3. The first-order valence-electron chi connectivity index (χ1n) is 7.71. The van der Waals surface area contributed by atoms with Crippen molar-refractivity contribution in [1.82, 2.24) is 15.0 Å². The van der Waals surface area contributed by atoms with Gasteiger partial charge in [-0.2, -0.15) is 0 Å². The van der Waals surface area contributed by atoms with Crippen LogP contribution in [0.1, 0.15) is 5.69 Å². The number of amides is 1. The van der Waals surface area contributed by atoms with E-state index in [1.165, 1.54) is 11.3 Å². The van der Waals surface area contributed by atoms with Crippen molar-refractivity contribution < 1.29 is 4.79 Å². The smallest absolute Gasteiger partial charge is 0.230 e. The molecule has 0 aliphatic heterocycles. The van der Waals surface area contributed by atoms with Crippen LogP contribution in [0.2, 0.25) is 0 Å². The molecule has 2 heterocycles. The van der Waals surface area contributed by atoms with Crippen LogP contribution in [-0.4, -0.2) is 20.9 Å². The quantitative estimate of drug-likeness (QED) is 0.492. The lowest BCUT2D eigenvalue weighted by Gasteiger charge is -2.04. The highest BCUT2D eigenvalue weighted by molar-refractivity contribution is 7.13. The maximum Gasteiger partial charge on any atom is 0.230 e. The molecule has 0 radical (unpaired) electrons. The van der Waals surface area contributed by atoms with E-state index >= 15 is 0 Å². The van der Waals surface area contributed by atoms with Crippen molar-refractivity contribution in [2.45, 2.75) is 6.42 Å². The highest BCUT2D eigenvalue weighted by atomic mass is 32.1. The van der Waals surface area contributed by atoms with Gasteiger partial charge in [-0.25, -0.2) is 9.97 Å². The van der Waals surface area contributed by atoms with Gasteiger partial charge >= 0.3 is 0 Å². The molecule has 0 bridgehead atoms. The first-order chi connectivity index (χ1) is 12.2. The van der Waals surface area contributed by atoms with Gasteiger partial charge in [0.1, 0.15) is 5.01 Å². The number of nitrogens with zero attached hydrogens (tertiary/aromatic N) is 2. The Morgan fingerprint density at radius 2 is 2.04 bits per heavy atom. The number of aromatic nitrogens is 3. The summed E-state index contributed by atoms with van der Waals surface area (Å²) >= 11 is 1.51. The zero-order valence-electron chi connectivity index (χ0n) is 13.2. The third-order valence-corrected chi connectivity index (χ3v) is 4.70. The van der Waals surface area contributed by atoms with Gasteiger partial charge in [0, 0.05) is 22.3 Å².